The van der Waals surface area contributed by atoms with E-state index in [-0.39, 0.29) is 18.7 Å². The molecule has 3 rings (SSSR count). The van der Waals surface area contributed by atoms with Gasteiger partial charge in [-0.05, 0) is 50.5 Å². The van der Waals surface area contributed by atoms with E-state index in [1.54, 1.807) is 31.2 Å². The molecule has 2 aromatic rings. The molecule has 2 aromatic carbocycles. The molecule has 1 aliphatic rings. The van der Waals surface area contributed by atoms with Crippen LogP contribution in [0.2, 0.25) is 5.02 Å². The zero-order valence-electron chi connectivity index (χ0n) is 18.9. The lowest BCUT2D eigenvalue weighted by Gasteiger charge is -2.51. The predicted molar refractivity (Wildman–Crippen MR) is 123 cm³/mol. The van der Waals surface area contributed by atoms with Crippen molar-refractivity contribution in [3.05, 3.63) is 69.7 Å². The lowest BCUT2D eigenvalue weighted by molar-refractivity contribution is -0.165. The lowest BCUT2D eigenvalue weighted by atomic mass is 9.72. The van der Waals surface area contributed by atoms with Crippen molar-refractivity contribution in [2.24, 2.45) is 5.73 Å². The third-order valence-electron chi connectivity index (χ3n) is 6.20. The molecule has 0 saturated carbocycles. The molecule has 1 heterocycles. The number of nitrogens with zero attached hydrogens (tertiary/aromatic N) is 1. The number of amides is 1. The zero-order valence-corrected chi connectivity index (χ0v) is 19.7. The molecule has 2 atom stereocenters. The number of likely N-dealkylation sites (tertiary alicyclic amines) is 1. The predicted octanol–water partition coefficient (Wildman–Crippen LogP) is 3.17. The van der Waals surface area contributed by atoms with Crippen LogP contribution in [0.25, 0.3) is 0 Å². The average molecular weight is 457 g/mol. The molecule has 0 bridgehead atoms. The molecule has 0 radical (unpaired) electrons. The van der Waals surface area contributed by atoms with Crippen molar-refractivity contribution in [3.63, 3.8) is 0 Å². The number of carbonyl (C=O) groups is 3. The Bertz CT molecular complexity index is 1030. The van der Waals surface area contributed by atoms with Crippen LogP contribution in [0.1, 0.15) is 35.6 Å². The van der Waals surface area contributed by atoms with Crippen LogP contribution in [0, 0.1) is 13.8 Å². The molecule has 1 aliphatic heterocycles. The maximum Gasteiger partial charge on any atom is 0.334 e. The van der Waals surface area contributed by atoms with Crippen LogP contribution >= 0.6 is 11.6 Å². The molecule has 2 N–H and O–H groups in total. The number of esters is 1. The zero-order chi connectivity index (χ0) is 23.7. The monoisotopic (exact) mass is 456 g/mol. The number of methoxy groups -OCH3 is 1. The van der Waals surface area contributed by atoms with E-state index < -0.39 is 22.8 Å². The van der Waals surface area contributed by atoms with Gasteiger partial charge < -0.3 is 15.4 Å². The quantitative estimate of drug-likeness (QED) is 0.510. The van der Waals surface area contributed by atoms with Crippen LogP contribution in [0.5, 0.6) is 0 Å². The van der Waals surface area contributed by atoms with Crippen LogP contribution in [0.3, 0.4) is 0 Å². The van der Waals surface area contributed by atoms with Gasteiger partial charge in [0.05, 0.1) is 13.5 Å². The third-order valence-corrected chi connectivity index (χ3v) is 6.45. The van der Waals surface area contributed by atoms with Crippen molar-refractivity contribution in [3.8, 4) is 0 Å². The van der Waals surface area contributed by atoms with Gasteiger partial charge >= 0.3 is 5.97 Å². The topological polar surface area (TPSA) is 89.7 Å². The Balaban J connectivity index is 1.85. The largest absolute Gasteiger partial charge is 0.467 e. The molecule has 7 heteroatoms. The summed E-state index contributed by atoms with van der Waals surface area (Å²) in [5.74, 6) is -1.52. The maximum atomic E-state index is 13.7. The fraction of sp³-hybridized carbons (Fsp3) is 0.400. The highest BCUT2D eigenvalue weighted by Crippen LogP contribution is 2.36. The van der Waals surface area contributed by atoms with Gasteiger partial charge in [0.15, 0.2) is 11.3 Å². The molecule has 1 saturated heterocycles. The van der Waals surface area contributed by atoms with Crippen molar-refractivity contribution in [1.29, 1.82) is 0 Å². The van der Waals surface area contributed by atoms with Crippen molar-refractivity contribution < 1.29 is 19.1 Å². The fourth-order valence-electron chi connectivity index (χ4n) is 4.47. The summed E-state index contributed by atoms with van der Waals surface area (Å²) in [7, 11) is 1.20. The Hall–Kier alpha value is -2.70. The number of halogens is 1. The minimum absolute atomic E-state index is 0.0512. The Kier molecular flexibility index (Phi) is 6.77. The van der Waals surface area contributed by atoms with Crippen LogP contribution < -0.4 is 5.73 Å². The number of aryl methyl sites for hydroxylation is 2. The first kappa shape index (κ1) is 24.0. The van der Waals surface area contributed by atoms with Gasteiger partial charge in [-0.3, -0.25) is 9.59 Å². The molecule has 1 amide bonds. The van der Waals surface area contributed by atoms with E-state index in [2.05, 4.69) is 0 Å². The highest BCUT2D eigenvalue weighted by molar-refractivity contribution is 6.30. The second-order valence-corrected chi connectivity index (χ2v) is 9.27. The molecule has 32 heavy (non-hydrogen) atoms. The number of nitrogens with two attached hydrogens (primary N) is 1. The van der Waals surface area contributed by atoms with Gasteiger partial charge in [-0.25, -0.2) is 4.79 Å². The van der Waals surface area contributed by atoms with E-state index >= 15 is 0 Å². The van der Waals surface area contributed by atoms with Crippen LogP contribution in [-0.2, 0) is 32.0 Å². The van der Waals surface area contributed by atoms with E-state index in [4.69, 9.17) is 22.1 Å². The molecule has 1 fully saturated rings. The van der Waals surface area contributed by atoms with Crippen LogP contribution in [-0.4, -0.2) is 47.3 Å². The molecule has 0 spiro atoms. The summed E-state index contributed by atoms with van der Waals surface area (Å²) in [6.07, 6.45) is 0.559. The summed E-state index contributed by atoms with van der Waals surface area (Å²) in [6, 6.07) is 12.7. The number of hydrogen-bond donors (Lipinski definition) is 1. The van der Waals surface area contributed by atoms with Crippen molar-refractivity contribution in [1.82, 2.24) is 4.90 Å². The van der Waals surface area contributed by atoms with Gasteiger partial charge in [0.1, 0.15) is 5.54 Å². The van der Waals surface area contributed by atoms with E-state index in [1.165, 1.54) is 12.0 Å². The van der Waals surface area contributed by atoms with E-state index in [9.17, 15) is 14.4 Å². The van der Waals surface area contributed by atoms with Crippen molar-refractivity contribution in [2.75, 3.05) is 13.7 Å². The van der Waals surface area contributed by atoms with Gasteiger partial charge in [-0.1, -0.05) is 53.1 Å². The smallest absolute Gasteiger partial charge is 0.334 e. The van der Waals surface area contributed by atoms with Gasteiger partial charge in [0.2, 0.25) is 5.91 Å². The number of Topliss-reactive ketones (excluding diaryl/α,β-unsaturated/α-hetero) is 1. The summed E-state index contributed by atoms with van der Waals surface area (Å²) in [4.78, 5) is 41.0. The fourth-order valence-corrected chi connectivity index (χ4v) is 4.59. The van der Waals surface area contributed by atoms with Crippen molar-refractivity contribution in [2.45, 2.75) is 51.1 Å². The minimum Gasteiger partial charge on any atom is -0.467 e. The summed E-state index contributed by atoms with van der Waals surface area (Å²) in [5, 5.41) is 0.537. The molecular formula is C25H29ClN2O4. The summed E-state index contributed by atoms with van der Waals surface area (Å²) in [5.41, 5.74) is 7.04. The number of carbonyl (C=O) groups excluding carboxylic acids is 3. The second kappa shape index (κ2) is 9.04. The minimum atomic E-state index is -1.92. The van der Waals surface area contributed by atoms with E-state index in [0.29, 0.717) is 23.6 Å². The highest BCUT2D eigenvalue weighted by Gasteiger charge is 2.58. The SMILES string of the molecule is COC(=O)C(N)(Cc1ccc(Cl)cc1)C(=O)C1(C)CCN1C(=O)Cc1cc(C)cc(C)c1. The first-order valence-corrected chi connectivity index (χ1v) is 10.9. The molecule has 0 aromatic heterocycles. The van der Waals surface area contributed by atoms with E-state index in [1.807, 2.05) is 32.0 Å². The lowest BCUT2D eigenvalue weighted by Crippen LogP contribution is -2.73. The normalized spacial score (nSPS) is 19.6. The third kappa shape index (κ3) is 4.57. The number of ether oxygens (including phenoxy) is 1. The first-order valence-electron chi connectivity index (χ1n) is 10.5. The van der Waals surface area contributed by atoms with Crippen LogP contribution in [0.4, 0.5) is 0 Å². The number of benzene rings is 2. The van der Waals surface area contributed by atoms with Gasteiger partial charge in [0.25, 0.3) is 0 Å². The van der Waals surface area contributed by atoms with Crippen molar-refractivity contribution >= 4 is 29.3 Å². The number of ketones is 1. The Morgan fingerprint density at radius 2 is 1.69 bits per heavy atom. The molecule has 6 nitrogen and oxygen atoms in total. The number of hydrogen-bond acceptors (Lipinski definition) is 5. The van der Waals surface area contributed by atoms with Gasteiger partial charge in [-0.2, -0.15) is 0 Å². The molecule has 170 valence electrons. The Labute approximate surface area is 193 Å². The standard InChI is InChI=1S/C25H29ClN2O4/c1-16-11-17(2)13-19(12-16)14-21(29)28-10-9-24(28,3)22(30)25(27,23(31)32-4)15-18-5-7-20(26)8-6-18/h5-8,11-13H,9-10,14-15,27H2,1-4H3. The molecule has 2 unspecified atom stereocenters. The second-order valence-electron chi connectivity index (χ2n) is 8.84. The molecule has 0 aliphatic carbocycles. The first-order chi connectivity index (χ1) is 15.0. The Morgan fingerprint density at radius 3 is 2.19 bits per heavy atom. The van der Waals surface area contributed by atoms with Gasteiger partial charge in [0, 0.05) is 18.0 Å². The number of rotatable bonds is 7. The average Bonchev–Trinajstić information content (AvgIpc) is 2.71. The maximum absolute atomic E-state index is 13.7. The summed E-state index contributed by atoms with van der Waals surface area (Å²) >= 11 is 5.95. The molecular weight excluding hydrogens is 428 g/mol. The van der Waals surface area contributed by atoms with Gasteiger partial charge in [-0.15, -0.1) is 0 Å². The van der Waals surface area contributed by atoms with Crippen LogP contribution in [0.15, 0.2) is 42.5 Å². The van der Waals surface area contributed by atoms with E-state index in [0.717, 1.165) is 16.7 Å². The highest BCUT2D eigenvalue weighted by atomic mass is 35.5. The summed E-state index contributed by atoms with van der Waals surface area (Å²) in [6.45, 7) is 6.07. The summed E-state index contributed by atoms with van der Waals surface area (Å²) < 4.78 is 4.90. The Morgan fingerprint density at radius 1 is 1.09 bits per heavy atom.